The quantitative estimate of drug-likeness (QED) is 0.842. The fourth-order valence-electron chi connectivity index (χ4n) is 1.11. The Morgan fingerprint density at radius 2 is 2.35 bits per heavy atom. The van der Waals surface area contributed by atoms with E-state index >= 15 is 0 Å². The van der Waals surface area contributed by atoms with E-state index in [0.29, 0.717) is 20.6 Å². The smallest absolute Gasteiger partial charge is 0.340 e. The van der Waals surface area contributed by atoms with E-state index in [1.165, 1.54) is 49.0 Å². The molecule has 0 bridgehead atoms. The maximum atomic E-state index is 11.4. The number of nitrogen functional groups attached to an aromatic ring is 1. The Morgan fingerprint density at radius 1 is 1.53 bits per heavy atom. The zero-order valence-electron chi connectivity index (χ0n) is 8.78. The summed E-state index contributed by atoms with van der Waals surface area (Å²) in [5.74, 6) is -0.482. The van der Waals surface area contributed by atoms with Gasteiger partial charge in [0.05, 0.1) is 18.4 Å². The molecular formula is C9H8N4O2S2. The molecule has 0 saturated heterocycles. The van der Waals surface area contributed by atoms with E-state index in [1.807, 2.05) is 0 Å². The molecule has 8 heteroatoms. The summed E-state index contributed by atoms with van der Waals surface area (Å²) in [6.07, 6.45) is 2.96. The lowest BCUT2D eigenvalue weighted by molar-refractivity contribution is 0.0601. The summed E-state index contributed by atoms with van der Waals surface area (Å²) < 4.78 is 9.21. The lowest BCUT2D eigenvalue weighted by Crippen LogP contribution is -2.07. The molecule has 6 nitrogen and oxygen atoms in total. The average molecular weight is 268 g/mol. The highest BCUT2D eigenvalue weighted by molar-refractivity contribution is 8.01. The Morgan fingerprint density at radius 3 is 3.00 bits per heavy atom. The lowest BCUT2D eigenvalue weighted by atomic mass is 10.2. The van der Waals surface area contributed by atoms with Crippen molar-refractivity contribution in [1.29, 1.82) is 0 Å². The highest BCUT2D eigenvalue weighted by atomic mass is 32.2. The second-order valence-corrected chi connectivity index (χ2v) is 4.89. The Labute approximate surface area is 105 Å². The van der Waals surface area contributed by atoms with Crippen molar-refractivity contribution in [3.63, 3.8) is 0 Å². The van der Waals surface area contributed by atoms with Crippen molar-refractivity contribution in [2.24, 2.45) is 0 Å². The topological polar surface area (TPSA) is 91.0 Å². The van der Waals surface area contributed by atoms with Crippen LogP contribution in [0.5, 0.6) is 0 Å². The van der Waals surface area contributed by atoms with E-state index in [1.54, 1.807) is 0 Å². The number of methoxy groups -OCH3 is 1. The minimum absolute atomic E-state index is 0.291. The fourth-order valence-corrected chi connectivity index (χ4v) is 2.51. The van der Waals surface area contributed by atoms with Crippen LogP contribution < -0.4 is 5.73 Å². The molecule has 2 heterocycles. The predicted octanol–water partition coefficient (Wildman–Crippen LogP) is 1.45. The van der Waals surface area contributed by atoms with E-state index in [4.69, 9.17) is 5.73 Å². The van der Waals surface area contributed by atoms with Gasteiger partial charge in [-0.05, 0) is 29.4 Å². The van der Waals surface area contributed by atoms with Crippen molar-refractivity contribution in [2.45, 2.75) is 9.37 Å². The number of hydrogen-bond donors (Lipinski definition) is 1. The minimum atomic E-state index is -0.482. The zero-order chi connectivity index (χ0) is 12.3. The molecule has 0 saturated carbocycles. The number of anilines is 1. The van der Waals surface area contributed by atoms with Gasteiger partial charge < -0.3 is 10.5 Å². The summed E-state index contributed by atoms with van der Waals surface area (Å²) in [4.78, 5) is 19.5. The molecule has 0 atom stereocenters. The third-order valence-corrected chi connectivity index (χ3v) is 3.62. The molecule has 0 aliphatic carbocycles. The van der Waals surface area contributed by atoms with Gasteiger partial charge in [-0.15, -0.1) is 0 Å². The molecule has 0 radical (unpaired) electrons. The van der Waals surface area contributed by atoms with E-state index in [0.717, 1.165) is 0 Å². The SMILES string of the molecule is COC(=O)c1ccnc(Sc2ncns2)c1N. The summed E-state index contributed by atoms with van der Waals surface area (Å²) in [7, 11) is 1.31. The maximum absolute atomic E-state index is 11.4. The molecule has 88 valence electrons. The lowest BCUT2D eigenvalue weighted by Gasteiger charge is -2.06. The van der Waals surface area contributed by atoms with Gasteiger partial charge >= 0.3 is 5.97 Å². The summed E-state index contributed by atoms with van der Waals surface area (Å²) in [5.41, 5.74) is 6.44. The van der Waals surface area contributed by atoms with Gasteiger partial charge in [0.25, 0.3) is 0 Å². The first-order valence-corrected chi connectivity index (χ1v) is 6.08. The van der Waals surface area contributed by atoms with Gasteiger partial charge in [-0.25, -0.2) is 14.8 Å². The van der Waals surface area contributed by atoms with Crippen molar-refractivity contribution in [3.8, 4) is 0 Å². The zero-order valence-corrected chi connectivity index (χ0v) is 10.4. The van der Waals surface area contributed by atoms with E-state index in [-0.39, 0.29) is 0 Å². The third kappa shape index (κ3) is 2.53. The second-order valence-electron chi connectivity index (χ2n) is 2.88. The van der Waals surface area contributed by atoms with Gasteiger partial charge in [-0.3, -0.25) is 0 Å². The van der Waals surface area contributed by atoms with Crippen molar-refractivity contribution in [1.82, 2.24) is 14.3 Å². The maximum Gasteiger partial charge on any atom is 0.340 e. The van der Waals surface area contributed by atoms with E-state index in [2.05, 4.69) is 19.1 Å². The van der Waals surface area contributed by atoms with Gasteiger partial charge in [0.2, 0.25) is 0 Å². The number of esters is 1. The largest absolute Gasteiger partial charge is 0.465 e. The molecule has 0 aliphatic rings. The van der Waals surface area contributed by atoms with Crippen molar-refractivity contribution >= 4 is 35.0 Å². The van der Waals surface area contributed by atoms with Crippen LogP contribution in [0.4, 0.5) is 5.69 Å². The molecule has 2 rings (SSSR count). The van der Waals surface area contributed by atoms with Crippen LogP contribution in [0.2, 0.25) is 0 Å². The fraction of sp³-hybridized carbons (Fsp3) is 0.111. The number of carbonyl (C=O) groups excluding carboxylic acids is 1. The summed E-state index contributed by atoms with van der Waals surface area (Å²) in [6.45, 7) is 0. The first-order chi connectivity index (χ1) is 8.22. The van der Waals surface area contributed by atoms with Crippen LogP contribution in [0.15, 0.2) is 28.0 Å². The molecule has 0 fully saturated rings. The molecule has 0 spiro atoms. The molecule has 0 aromatic carbocycles. The van der Waals surface area contributed by atoms with Gasteiger partial charge in [-0.2, -0.15) is 4.37 Å². The first-order valence-electron chi connectivity index (χ1n) is 4.49. The highest BCUT2D eigenvalue weighted by Crippen LogP contribution is 2.32. The Balaban J connectivity index is 2.32. The summed E-state index contributed by atoms with van der Waals surface area (Å²) in [6, 6.07) is 1.52. The molecule has 0 amide bonds. The van der Waals surface area contributed by atoms with Gasteiger partial charge in [0.1, 0.15) is 11.4 Å². The molecule has 17 heavy (non-hydrogen) atoms. The van der Waals surface area contributed by atoms with Crippen LogP contribution in [0.1, 0.15) is 10.4 Å². The van der Waals surface area contributed by atoms with Gasteiger partial charge in [0, 0.05) is 6.20 Å². The number of pyridine rings is 1. The standard InChI is InChI=1S/C9H8N4O2S2/c1-15-8(14)5-2-3-11-7(6(5)10)16-9-12-4-13-17-9/h2-4H,10H2,1H3. The van der Waals surface area contributed by atoms with Crippen LogP contribution in [0, 0.1) is 0 Å². The highest BCUT2D eigenvalue weighted by Gasteiger charge is 2.15. The van der Waals surface area contributed by atoms with Crippen molar-refractivity contribution in [2.75, 3.05) is 12.8 Å². The molecule has 0 unspecified atom stereocenters. The monoisotopic (exact) mass is 268 g/mol. The number of nitrogens with zero attached hydrogens (tertiary/aromatic N) is 3. The van der Waals surface area contributed by atoms with E-state index < -0.39 is 5.97 Å². The van der Waals surface area contributed by atoms with Gasteiger partial charge in [-0.1, -0.05) is 0 Å². The summed E-state index contributed by atoms with van der Waals surface area (Å²) >= 11 is 2.50. The van der Waals surface area contributed by atoms with Crippen LogP contribution >= 0.6 is 23.3 Å². The third-order valence-electron chi connectivity index (χ3n) is 1.88. The number of aromatic nitrogens is 3. The van der Waals surface area contributed by atoms with E-state index in [9.17, 15) is 4.79 Å². The number of ether oxygens (including phenoxy) is 1. The number of hydrogen-bond acceptors (Lipinski definition) is 8. The Bertz CT molecular complexity index is 530. The van der Waals surface area contributed by atoms with Crippen LogP contribution in [0.25, 0.3) is 0 Å². The van der Waals surface area contributed by atoms with Crippen molar-refractivity contribution in [3.05, 3.63) is 24.2 Å². The molecule has 2 aromatic rings. The minimum Gasteiger partial charge on any atom is -0.465 e. The number of carbonyl (C=O) groups is 1. The van der Waals surface area contributed by atoms with Gasteiger partial charge in [0.15, 0.2) is 4.34 Å². The molecule has 2 N–H and O–H groups in total. The molecule has 2 aromatic heterocycles. The van der Waals surface area contributed by atoms with Crippen LogP contribution in [-0.2, 0) is 4.74 Å². The second kappa shape index (κ2) is 5.11. The Kier molecular flexibility index (Phi) is 3.55. The normalized spacial score (nSPS) is 10.2. The molecule has 0 aliphatic heterocycles. The Hall–Kier alpha value is -1.67. The average Bonchev–Trinajstić information content (AvgIpc) is 2.84. The van der Waals surface area contributed by atoms with Crippen LogP contribution in [0.3, 0.4) is 0 Å². The molecular weight excluding hydrogens is 260 g/mol. The first kappa shape index (κ1) is 11.8. The van der Waals surface area contributed by atoms with Crippen molar-refractivity contribution < 1.29 is 9.53 Å². The number of rotatable bonds is 3. The number of nitrogens with two attached hydrogens (primary N) is 1. The summed E-state index contributed by atoms with van der Waals surface area (Å²) in [5, 5.41) is 0.518. The van der Waals surface area contributed by atoms with Crippen LogP contribution in [-0.4, -0.2) is 27.4 Å². The predicted molar refractivity (Wildman–Crippen MR) is 64.0 cm³/mol.